The second-order valence-electron chi connectivity index (χ2n) is 19.4. The van der Waals surface area contributed by atoms with Crippen LogP contribution < -0.4 is 14.5 Å². The van der Waals surface area contributed by atoms with Crippen molar-refractivity contribution < 1.29 is 75.5 Å². The fourth-order valence-corrected chi connectivity index (χ4v) is 4.77. The highest BCUT2D eigenvalue weighted by Crippen LogP contribution is 2.50. The Morgan fingerprint density at radius 2 is 0.934 bits per heavy atom. The summed E-state index contributed by atoms with van der Waals surface area (Å²) in [5.41, 5.74) is -6.28. The molecule has 0 N–H and O–H groups in total. The lowest BCUT2D eigenvalue weighted by molar-refractivity contribution is -0.161. The van der Waals surface area contributed by atoms with Crippen LogP contribution >= 0.6 is 7.60 Å². The summed E-state index contributed by atoms with van der Waals surface area (Å²) in [5.74, 6) is -1.92. The highest BCUT2D eigenvalue weighted by atomic mass is 31.2. The summed E-state index contributed by atoms with van der Waals surface area (Å²) in [6.45, 7) is 26.5. The van der Waals surface area contributed by atoms with Gasteiger partial charge in [-0.1, -0.05) is 6.08 Å². The van der Waals surface area contributed by atoms with Gasteiger partial charge in [-0.25, -0.2) is 19.2 Å². The first-order valence-electron chi connectivity index (χ1n) is 19.3. The third-order valence-corrected chi connectivity index (χ3v) is 7.81. The summed E-state index contributed by atoms with van der Waals surface area (Å²) in [7, 11) is -4.24. The minimum atomic E-state index is -4.24. The lowest BCUT2D eigenvalue weighted by atomic mass is 9.98. The average Bonchev–Trinajstić information content (AvgIpc) is 3.00. The number of rotatable bonds is 13. The van der Waals surface area contributed by atoms with E-state index in [1.165, 1.54) is 6.08 Å². The lowest BCUT2D eigenvalue weighted by Crippen LogP contribution is -2.46. The van der Waals surface area contributed by atoms with Gasteiger partial charge in [0.05, 0.1) is 17.4 Å². The van der Waals surface area contributed by atoms with Gasteiger partial charge in [0, 0.05) is 18.3 Å². The molecule has 0 fully saturated rings. The van der Waals surface area contributed by atoms with E-state index in [4.69, 9.17) is 42.2 Å². The molecular weight excluding hydrogens is 823 g/mol. The smallest absolute Gasteiger partial charge is 0.427 e. The van der Waals surface area contributed by atoms with Gasteiger partial charge in [-0.15, -0.1) is 4.90 Å². The Morgan fingerprint density at radius 3 is 1.28 bits per heavy atom. The van der Waals surface area contributed by atoms with Gasteiger partial charge in [-0.3, -0.25) is 23.2 Å². The molecule has 1 aromatic rings. The zero-order valence-electron chi connectivity index (χ0n) is 38.8. The predicted octanol–water partition coefficient (Wildman–Crippen LogP) is 9.43. The zero-order chi connectivity index (χ0) is 47.6. The highest BCUT2D eigenvalue weighted by Gasteiger charge is 2.39. The van der Waals surface area contributed by atoms with Gasteiger partial charge in [0.25, 0.3) is 0 Å². The summed E-state index contributed by atoms with van der Waals surface area (Å²) in [4.78, 5) is 88.2. The van der Waals surface area contributed by atoms with Crippen molar-refractivity contribution >= 4 is 55.7 Å². The van der Waals surface area contributed by atoms with E-state index in [0.717, 1.165) is 11.9 Å². The summed E-state index contributed by atoms with van der Waals surface area (Å²) in [6.07, 6.45) is -3.75. The van der Waals surface area contributed by atoms with Crippen molar-refractivity contribution in [1.29, 1.82) is 0 Å². The summed E-state index contributed by atoms with van der Waals surface area (Å²) in [6, 6.07) is 1.05. The third-order valence-electron chi connectivity index (χ3n) is 6.30. The molecule has 0 atom stereocenters. The number of imide groups is 2. The molecule has 21 heteroatoms. The number of hydrogen-bond donors (Lipinski definition) is 0. The molecule has 0 aliphatic heterocycles. The van der Waals surface area contributed by atoms with E-state index < -0.39 is 102 Å². The summed E-state index contributed by atoms with van der Waals surface area (Å²) in [5, 5.41) is 0. The maximum Gasteiger partial charge on any atom is 0.427 e. The largest absolute Gasteiger partial charge is 0.477 e. The Balaban J connectivity index is 3.78. The second kappa shape index (κ2) is 20.8. The molecule has 0 saturated heterocycles. The average molecular weight is 889 g/mol. The van der Waals surface area contributed by atoms with Crippen LogP contribution in [0, 0.1) is 10.8 Å². The number of carbonyl (C=O) groups is 6. The van der Waals surface area contributed by atoms with Crippen LogP contribution in [0.15, 0.2) is 18.0 Å². The molecule has 346 valence electrons. The van der Waals surface area contributed by atoms with Crippen LogP contribution in [-0.2, 0) is 51.6 Å². The van der Waals surface area contributed by atoms with Crippen molar-refractivity contribution in [2.24, 2.45) is 10.8 Å². The molecule has 0 bridgehead atoms. The van der Waals surface area contributed by atoms with Crippen molar-refractivity contribution in [3.05, 3.63) is 18.0 Å². The van der Waals surface area contributed by atoms with Gasteiger partial charge in [-0.2, -0.15) is 14.9 Å². The third kappa shape index (κ3) is 21.0. The molecule has 0 unspecified atom stereocenters. The molecule has 1 heterocycles. The van der Waals surface area contributed by atoms with Crippen molar-refractivity contribution in [2.75, 3.05) is 30.0 Å². The minimum absolute atomic E-state index is 0.0569. The van der Waals surface area contributed by atoms with Crippen LogP contribution in [0.2, 0.25) is 0 Å². The fraction of sp³-hybridized carbons (Fsp3) is 0.700. The Morgan fingerprint density at radius 1 is 0.574 bits per heavy atom. The van der Waals surface area contributed by atoms with Crippen molar-refractivity contribution in [3.63, 3.8) is 0 Å². The van der Waals surface area contributed by atoms with Crippen LogP contribution in [-0.4, -0.2) is 88.9 Å². The summed E-state index contributed by atoms with van der Waals surface area (Å²) < 4.78 is 62.2. The van der Waals surface area contributed by atoms with Crippen LogP contribution in [0.4, 0.5) is 30.9 Å². The van der Waals surface area contributed by atoms with Crippen LogP contribution in [0.1, 0.15) is 131 Å². The van der Waals surface area contributed by atoms with Gasteiger partial charge < -0.3 is 33.2 Å². The Labute approximate surface area is 358 Å². The normalized spacial score (nSPS) is 12.9. The van der Waals surface area contributed by atoms with Crippen molar-refractivity contribution in [1.82, 2.24) is 9.97 Å². The van der Waals surface area contributed by atoms with E-state index in [1.54, 1.807) is 125 Å². The van der Waals surface area contributed by atoms with Gasteiger partial charge in [0.1, 0.15) is 22.4 Å². The summed E-state index contributed by atoms with van der Waals surface area (Å²) >= 11 is 0. The molecule has 0 aliphatic carbocycles. The number of anilines is 2. The molecular formula is C40H65N4O16P. The number of carbonyl (C=O) groups excluding carboxylic acids is 6. The molecule has 0 spiro atoms. The van der Waals surface area contributed by atoms with Crippen LogP contribution in [0.25, 0.3) is 0 Å². The van der Waals surface area contributed by atoms with Gasteiger partial charge in [0.15, 0.2) is 5.82 Å². The van der Waals surface area contributed by atoms with Gasteiger partial charge in [0.2, 0.25) is 25.4 Å². The maximum absolute atomic E-state index is 13.6. The first-order valence-corrected chi connectivity index (χ1v) is 20.9. The first kappa shape index (κ1) is 54.2. The van der Waals surface area contributed by atoms with Crippen molar-refractivity contribution in [3.8, 4) is 5.88 Å². The van der Waals surface area contributed by atoms with E-state index in [9.17, 15) is 33.3 Å². The standard InChI is InChI=1S/C40H65N4O16P/c1-35(2,3)28(45)53-24-55-61(51,56-25-54-29(46)36(4,5)6)22-20-19-21-52-27-23-26(43(31(47)57-37(7,8)9)32(48)58-38(10,11)12)41-30(42-27)44(33(49)59-39(13,14)15)34(50)60-40(16,17)18/h20,22-23H,19,21,24-25H2,1-18H3/b22-20+. The number of amides is 4. The predicted molar refractivity (Wildman–Crippen MR) is 222 cm³/mol. The van der Waals surface area contributed by atoms with E-state index >= 15 is 0 Å². The number of hydrogen-bond acceptors (Lipinski definition) is 18. The molecule has 0 radical (unpaired) electrons. The number of esters is 2. The molecule has 61 heavy (non-hydrogen) atoms. The minimum Gasteiger partial charge on any atom is -0.477 e. The molecule has 1 aromatic heterocycles. The first-order chi connectivity index (χ1) is 27.3. The van der Waals surface area contributed by atoms with Crippen LogP contribution in [0.5, 0.6) is 5.88 Å². The molecule has 20 nitrogen and oxygen atoms in total. The lowest BCUT2D eigenvalue weighted by Gasteiger charge is -2.29. The number of aromatic nitrogens is 2. The SMILES string of the molecule is CC(C)(C)OC(=O)N(C(=O)OC(C)(C)C)c1cc(OCC/C=C/P(=O)(OCOC(=O)C(C)(C)C)OCOC(=O)C(C)(C)C)nc(N(C(=O)OC(C)(C)C)C(=O)OC(C)(C)C)n1. The number of nitrogens with zero attached hydrogens (tertiary/aromatic N) is 4. The van der Waals surface area contributed by atoms with Crippen molar-refractivity contribution in [2.45, 2.75) is 153 Å². The Hall–Kier alpha value is -4.81. The Bertz CT molecular complexity index is 1640. The fourth-order valence-electron chi connectivity index (χ4n) is 3.72. The molecule has 0 aliphatic rings. The van der Waals surface area contributed by atoms with E-state index in [2.05, 4.69) is 9.97 Å². The van der Waals surface area contributed by atoms with E-state index in [0.29, 0.717) is 9.80 Å². The van der Waals surface area contributed by atoms with Crippen LogP contribution in [0.3, 0.4) is 0 Å². The van der Waals surface area contributed by atoms with E-state index in [1.807, 2.05) is 0 Å². The number of ether oxygens (including phenoxy) is 7. The topological polar surface area (TPSA) is 235 Å². The molecule has 0 saturated carbocycles. The zero-order valence-corrected chi connectivity index (χ0v) is 39.7. The highest BCUT2D eigenvalue weighted by molar-refractivity contribution is 7.57. The molecule has 0 aromatic carbocycles. The molecule has 1 rings (SSSR count). The monoisotopic (exact) mass is 888 g/mol. The quantitative estimate of drug-likeness (QED) is 0.0589. The maximum atomic E-state index is 13.6. The Kier molecular flexibility index (Phi) is 18.5. The van der Waals surface area contributed by atoms with Gasteiger partial charge in [-0.05, 0) is 125 Å². The molecule has 4 amide bonds. The van der Waals surface area contributed by atoms with E-state index in [-0.39, 0.29) is 18.9 Å². The van der Waals surface area contributed by atoms with Gasteiger partial charge >= 0.3 is 43.9 Å². The second-order valence-corrected chi connectivity index (χ2v) is 21.3.